The SMILES string of the molecule is CC(C)(C)c1ccc(-c2ccc3cc(O)ccc3c2)cc1. The summed E-state index contributed by atoms with van der Waals surface area (Å²) in [5, 5.41) is 11.7. The number of benzene rings is 3. The van der Waals surface area contributed by atoms with E-state index in [4.69, 9.17) is 0 Å². The summed E-state index contributed by atoms with van der Waals surface area (Å²) in [6, 6.07) is 20.6. The van der Waals surface area contributed by atoms with Crippen LogP contribution in [0.2, 0.25) is 0 Å². The molecule has 0 spiro atoms. The molecule has 0 fully saturated rings. The summed E-state index contributed by atoms with van der Waals surface area (Å²) < 4.78 is 0. The Balaban J connectivity index is 2.02. The minimum absolute atomic E-state index is 0.180. The van der Waals surface area contributed by atoms with Crippen LogP contribution in [0.1, 0.15) is 26.3 Å². The van der Waals surface area contributed by atoms with E-state index in [1.807, 2.05) is 6.07 Å². The molecular weight excluding hydrogens is 256 g/mol. The summed E-state index contributed by atoms with van der Waals surface area (Å²) in [5.41, 5.74) is 3.95. The lowest BCUT2D eigenvalue weighted by molar-refractivity contribution is 0.476. The Morgan fingerprint density at radius 2 is 1.24 bits per heavy atom. The summed E-state index contributed by atoms with van der Waals surface area (Å²) in [6.07, 6.45) is 0. The molecule has 0 unspecified atom stereocenters. The number of aromatic hydroxyl groups is 1. The van der Waals surface area contributed by atoms with Crippen LogP contribution in [0.4, 0.5) is 0 Å². The molecule has 0 atom stereocenters. The Morgan fingerprint density at radius 1 is 0.667 bits per heavy atom. The normalized spacial score (nSPS) is 11.8. The van der Waals surface area contributed by atoms with Crippen molar-refractivity contribution in [3.8, 4) is 16.9 Å². The topological polar surface area (TPSA) is 20.2 Å². The standard InChI is InChI=1S/C20H20O/c1-20(2,3)18-9-6-14(7-10-18)15-4-5-17-13-19(21)11-8-16(17)12-15/h4-13,21H,1-3H3. The molecule has 0 aliphatic heterocycles. The van der Waals surface area contributed by atoms with Crippen molar-refractivity contribution in [1.29, 1.82) is 0 Å². The zero-order chi connectivity index (χ0) is 15.0. The molecule has 0 saturated carbocycles. The first-order valence-corrected chi connectivity index (χ1v) is 7.27. The smallest absolute Gasteiger partial charge is 0.116 e. The molecule has 3 aromatic carbocycles. The minimum atomic E-state index is 0.180. The first kappa shape index (κ1) is 13.7. The zero-order valence-electron chi connectivity index (χ0n) is 12.7. The average molecular weight is 276 g/mol. The van der Waals surface area contributed by atoms with E-state index in [-0.39, 0.29) is 5.41 Å². The van der Waals surface area contributed by atoms with Gasteiger partial charge >= 0.3 is 0 Å². The van der Waals surface area contributed by atoms with E-state index < -0.39 is 0 Å². The Kier molecular flexibility index (Phi) is 3.21. The highest BCUT2D eigenvalue weighted by Gasteiger charge is 2.13. The summed E-state index contributed by atoms with van der Waals surface area (Å²) in [6.45, 7) is 6.68. The Hall–Kier alpha value is -2.28. The van der Waals surface area contributed by atoms with Gasteiger partial charge in [0.05, 0.1) is 0 Å². The molecule has 1 heteroatoms. The molecular formula is C20H20O. The summed E-state index contributed by atoms with van der Waals surface area (Å²) >= 11 is 0. The largest absolute Gasteiger partial charge is 0.508 e. The Morgan fingerprint density at radius 3 is 1.90 bits per heavy atom. The summed E-state index contributed by atoms with van der Waals surface area (Å²) in [5.74, 6) is 0.310. The number of hydrogen-bond acceptors (Lipinski definition) is 1. The summed E-state index contributed by atoms with van der Waals surface area (Å²) in [7, 11) is 0. The van der Waals surface area contributed by atoms with Gasteiger partial charge in [-0.25, -0.2) is 0 Å². The molecule has 0 radical (unpaired) electrons. The second kappa shape index (κ2) is 4.92. The fourth-order valence-corrected chi connectivity index (χ4v) is 2.58. The number of rotatable bonds is 1. The molecule has 0 aliphatic carbocycles. The van der Waals surface area contributed by atoms with Gasteiger partial charge in [0.1, 0.15) is 5.75 Å². The van der Waals surface area contributed by atoms with Gasteiger partial charge in [-0.05, 0) is 51.1 Å². The molecule has 0 heterocycles. The van der Waals surface area contributed by atoms with Crippen LogP contribution >= 0.6 is 0 Å². The fourth-order valence-electron chi connectivity index (χ4n) is 2.58. The maximum Gasteiger partial charge on any atom is 0.116 e. The molecule has 3 rings (SSSR count). The van der Waals surface area contributed by atoms with Gasteiger partial charge in [-0.1, -0.05) is 63.2 Å². The first-order chi connectivity index (χ1) is 9.93. The highest BCUT2D eigenvalue weighted by atomic mass is 16.3. The van der Waals surface area contributed by atoms with Crippen molar-refractivity contribution in [3.63, 3.8) is 0 Å². The lowest BCUT2D eigenvalue weighted by Crippen LogP contribution is -2.10. The van der Waals surface area contributed by atoms with E-state index in [0.29, 0.717) is 5.75 Å². The number of hydrogen-bond donors (Lipinski definition) is 1. The van der Waals surface area contributed by atoms with Crippen molar-refractivity contribution in [3.05, 3.63) is 66.2 Å². The van der Waals surface area contributed by atoms with Crippen LogP contribution in [-0.2, 0) is 5.41 Å². The molecule has 0 bridgehead atoms. The van der Waals surface area contributed by atoms with Crippen molar-refractivity contribution in [2.75, 3.05) is 0 Å². The first-order valence-electron chi connectivity index (χ1n) is 7.27. The van der Waals surface area contributed by atoms with Gasteiger partial charge in [-0.15, -0.1) is 0 Å². The van der Waals surface area contributed by atoms with Crippen LogP contribution in [0.25, 0.3) is 21.9 Å². The van der Waals surface area contributed by atoms with Crippen LogP contribution < -0.4 is 0 Å². The fraction of sp³-hybridized carbons (Fsp3) is 0.200. The third kappa shape index (κ3) is 2.78. The molecule has 0 amide bonds. The molecule has 3 aromatic rings. The second-order valence-electron chi connectivity index (χ2n) is 6.57. The van der Waals surface area contributed by atoms with E-state index in [1.165, 1.54) is 16.7 Å². The van der Waals surface area contributed by atoms with E-state index in [0.717, 1.165) is 10.8 Å². The van der Waals surface area contributed by atoms with Gasteiger partial charge in [0, 0.05) is 0 Å². The third-order valence-corrected chi connectivity index (χ3v) is 3.91. The monoisotopic (exact) mass is 276 g/mol. The number of phenols is 1. The molecule has 0 aromatic heterocycles. The van der Waals surface area contributed by atoms with Crippen molar-refractivity contribution in [2.24, 2.45) is 0 Å². The van der Waals surface area contributed by atoms with Crippen molar-refractivity contribution in [1.82, 2.24) is 0 Å². The maximum atomic E-state index is 9.52. The zero-order valence-corrected chi connectivity index (χ0v) is 12.7. The van der Waals surface area contributed by atoms with Crippen LogP contribution in [0.3, 0.4) is 0 Å². The molecule has 1 nitrogen and oxygen atoms in total. The van der Waals surface area contributed by atoms with Gasteiger partial charge in [-0.2, -0.15) is 0 Å². The second-order valence-corrected chi connectivity index (χ2v) is 6.57. The number of fused-ring (bicyclic) bond motifs is 1. The van der Waals surface area contributed by atoms with E-state index in [1.54, 1.807) is 12.1 Å². The Labute approximate surface area is 125 Å². The van der Waals surface area contributed by atoms with Crippen molar-refractivity contribution < 1.29 is 5.11 Å². The van der Waals surface area contributed by atoms with E-state index in [9.17, 15) is 5.11 Å². The molecule has 1 N–H and O–H groups in total. The van der Waals surface area contributed by atoms with E-state index in [2.05, 4.69) is 63.2 Å². The van der Waals surface area contributed by atoms with Gasteiger partial charge in [0.2, 0.25) is 0 Å². The quantitative estimate of drug-likeness (QED) is 0.621. The van der Waals surface area contributed by atoms with Gasteiger partial charge in [0.15, 0.2) is 0 Å². The molecule has 21 heavy (non-hydrogen) atoms. The third-order valence-electron chi connectivity index (χ3n) is 3.91. The van der Waals surface area contributed by atoms with Gasteiger partial charge in [-0.3, -0.25) is 0 Å². The lowest BCUT2D eigenvalue weighted by atomic mass is 9.86. The van der Waals surface area contributed by atoms with Crippen LogP contribution in [0.5, 0.6) is 5.75 Å². The molecule has 106 valence electrons. The predicted molar refractivity (Wildman–Crippen MR) is 89.7 cm³/mol. The van der Waals surface area contributed by atoms with Crippen molar-refractivity contribution >= 4 is 10.8 Å². The maximum absolute atomic E-state index is 9.52. The highest BCUT2D eigenvalue weighted by Crippen LogP contribution is 2.29. The lowest BCUT2D eigenvalue weighted by Gasteiger charge is -2.19. The number of phenolic OH excluding ortho intramolecular Hbond substituents is 1. The van der Waals surface area contributed by atoms with Crippen LogP contribution in [0, 0.1) is 0 Å². The average Bonchev–Trinajstić information content (AvgIpc) is 2.46. The predicted octanol–water partition coefficient (Wildman–Crippen LogP) is 5.51. The van der Waals surface area contributed by atoms with Gasteiger partial charge in [0.25, 0.3) is 0 Å². The summed E-state index contributed by atoms with van der Waals surface area (Å²) in [4.78, 5) is 0. The van der Waals surface area contributed by atoms with E-state index >= 15 is 0 Å². The molecule has 0 aliphatic rings. The Bertz CT molecular complexity index is 777. The van der Waals surface area contributed by atoms with Crippen LogP contribution in [0.15, 0.2) is 60.7 Å². The minimum Gasteiger partial charge on any atom is -0.508 e. The molecule has 0 saturated heterocycles. The van der Waals surface area contributed by atoms with Crippen molar-refractivity contribution in [2.45, 2.75) is 26.2 Å². The van der Waals surface area contributed by atoms with Crippen LogP contribution in [-0.4, -0.2) is 5.11 Å². The van der Waals surface area contributed by atoms with Gasteiger partial charge < -0.3 is 5.11 Å². The highest BCUT2D eigenvalue weighted by molar-refractivity contribution is 5.88.